The first-order chi connectivity index (χ1) is 6.84. The van der Waals surface area contributed by atoms with Crippen LogP contribution in [0.5, 0.6) is 11.5 Å². The van der Waals surface area contributed by atoms with Crippen LogP contribution >= 0.6 is 0 Å². The third kappa shape index (κ3) is 2.39. The topological polar surface area (TPSA) is 41.5 Å². The molecule has 0 radical (unpaired) electrons. The zero-order valence-electron chi connectivity index (χ0n) is 8.07. The molecular formula is C11H15NO2. The van der Waals surface area contributed by atoms with Crippen LogP contribution in [0.1, 0.15) is 12.8 Å². The van der Waals surface area contributed by atoms with Crippen molar-refractivity contribution in [2.75, 3.05) is 13.2 Å². The average molecular weight is 193 g/mol. The zero-order chi connectivity index (χ0) is 9.80. The van der Waals surface area contributed by atoms with Crippen molar-refractivity contribution in [3.8, 4) is 11.5 Å². The third-order valence-corrected chi connectivity index (χ3v) is 2.45. The highest BCUT2D eigenvalue weighted by molar-refractivity contribution is 5.30. The van der Waals surface area contributed by atoms with Gasteiger partial charge in [-0.1, -0.05) is 0 Å². The van der Waals surface area contributed by atoms with Gasteiger partial charge in [-0.2, -0.15) is 0 Å². The highest BCUT2D eigenvalue weighted by Crippen LogP contribution is 2.16. The van der Waals surface area contributed by atoms with E-state index >= 15 is 0 Å². The van der Waals surface area contributed by atoms with E-state index in [-0.39, 0.29) is 5.75 Å². The predicted molar refractivity (Wildman–Crippen MR) is 54.6 cm³/mol. The number of hydrogen-bond acceptors (Lipinski definition) is 3. The lowest BCUT2D eigenvalue weighted by molar-refractivity contribution is 0.277. The summed E-state index contributed by atoms with van der Waals surface area (Å²) in [5.41, 5.74) is 0. The summed E-state index contributed by atoms with van der Waals surface area (Å²) in [6, 6.07) is 7.33. The Hall–Kier alpha value is -1.22. The van der Waals surface area contributed by atoms with Crippen molar-refractivity contribution in [3.63, 3.8) is 0 Å². The second-order valence-corrected chi connectivity index (χ2v) is 3.60. The van der Waals surface area contributed by atoms with Crippen molar-refractivity contribution in [2.45, 2.75) is 18.9 Å². The van der Waals surface area contributed by atoms with Gasteiger partial charge in [-0.15, -0.1) is 0 Å². The molecule has 0 amide bonds. The molecule has 0 spiro atoms. The highest BCUT2D eigenvalue weighted by atomic mass is 16.5. The van der Waals surface area contributed by atoms with Crippen LogP contribution < -0.4 is 10.1 Å². The molecule has 0 aliphatic carbocycles. The molecule has 1 aromatic carbocycles. The van der Waals surface area contributed by atoms with Gasteiger partial charge in [0, 0.05) is 6.04 Å². The lowest BCUT2D eigenvalue weighted by Gasteiger charge is -2.11. The molecule has 76 valence electrons. The summed E-state index contributed by atoms with van der Waals surface area (Å²) in [7, 11) is 0. The monoisotopic (exact) mass is 193 g/mol. The fourth-order valence-electron chi connectivity index (χ4n) is 1.64. The van der Waals surface area contributed by atoms with Gasteiger partial charge >= 0.3 is 0 Å². The molecule has 0 aromatic heterocycles. The van der Waals surface area contributed by atoms with Crippen LogP contribution in [0.25, 0.3) is 0 Å². The molecule has 1 saturated heterocycles. The lowest BCUT2D eigenvalue weighted by Crippen LogP contribution is -2.28. The van der Waals surface area contributed by atoms with E-state index in [9.17, 15) is 0 Å². The number of phenolic OH excluding ortho intramolecular Hbond substituents is 1. The van der Waals surface area contributed by atoms with E-state index in [2.05, 4.69) is 5.32 Å². The Labute approximate surface area is 83.7 Å². The van der Waals surface area contributed by atoms with Gasteiger partial charge in [0.05, 0.1) is 0 Å². The molecule has 1 heterocycles. The molecule has 0 saturated carbocycles. The van der Waals surface area contributed by atoms with Gasteiger partial charge in [0.1, 0.15) is 18.1 Å². The quantitative estimate of drug-likeness (QED) is 0.764. The number of ether oxygens (including phenoxy) is 1. The predicted octanol–water partition coefficient (Wildman–Crippen LogP) is 1.52. The van der Waals surface area contributed by atoms with Crippen molar-refractivity contribution in [1.29, 1.82) is 0 Å². The molecule has 0 bridgehead atoms. The van der Waals surface area contributed by atoms with Gasteiger partial charge in [0.15, 0.2) is 0 Å². The largest absolute Gasteiger partial charge is 0.508 e. The minimum atomic E-state index is 0.274. The van der Waals surface area contributed by atoms with E-state index in [1.54, 1.807) is 24.3 Å². The minimum absolute atomic E-state index is 0.274. The Kier molecular flexibility index (Phi) is 2.89. The van der Waals surface area contributed by atoms with Crippen LogP contribution in [-0.2, 0) is 0 Å². The molecule has 3 nitrogen and oxygen atoms in total. The maximum absolute atomic E-state index is 9.07. The van der Waals surface area contributed by atoms with Gasteiger partial charge in [0.25, 0.3) is 0 Å². The molecule has 1 unspecified atom stereocenters. The SMILES string of the molecule is Oc1ccc(OCC2CCCN2)cc1. The Morgan fingerprint density at radius 3 is 2.79 bits per heavy atom. The van der Waals surface area contributed by atoms with Crippen LogP contribution in [0.4, 0.5) is 0 Å². The van der Waals surface area contributed by atoms with E-state index in [4.69, 9.17) is 9.84 Å². The molecule has 1 fully saturated rings. The van der Waals surface area contributed by atoms with Crippen LogP contribution in [0.15, 0.2) is 24.3 Å². The first-order valence-corrected chi connectivity index (χ1v) is 5.00. The number of nitrogens with one attached hydrogen (secondary N) is 1. The molecule has 3 heteroatoms. The molecule has 1 aliphatic heterocycles. The average Bonchev–Trinajstić information content (AvgIpc) is 2.70. The standard InChI is InChI=1S/C11H15NO2/c13-10-3-5-11(6-4-10)14-8-9-2-1-7-12-9/h3-6,9,12-13H,1-2,7-8H2. The van der Waals surface area contributed by atoms with E-state index < -0.39 is 0 Å². The van der Waals surface area contributed by atoms with Crippen molar-refractivity contribution in [1.82, 2.24) is 5.32 Å². The van der Waals surface area contributed by atoms with E-state index in [0.29, 0.717) is 12.6 Å². The summed E-state index contributed by atoms with van der Waals surface area (Å²) in [6.45, 7) is 1.81. The number of benzene rings is 1. The summed E-state index contributed by atoms with van der Waals surface area (Å²) in [5, 5.41) is 12.4. The summed E-state index contributed by atoms with van der Waals surface area (Å²) in [4.78, 5) is 0. The summed E-state index contributed by atoms with van der Waals surface area (Å²) < 4.78 is 5.57. The van der Waals surface area contributed by atoms with Gasteiger partial charge < -0.3 is 15.2 Å². The maximum atomic E-state index is 9.07. The van der Waals surface area contributed by atoms with E-state index in [1.807, 2.05) is 0 Å². The Balaban J connectivity index is 1.82. The normalized spacial score (nSPS) is 21.0. The molecular weight excluding hydrogens is 178 g/mol. The van der Waals surface area contributed by atoms with Crippen LogP contribution in [0.2, 0.25) is 0 Å². The Bertz CT molecular complexity index is 278. The van der Waals surface area contributed by atoms with Gasteiger partial charge in [-0.3, -0.25) is 0 Å². The lowest BCUT2D eigenvalue weighted by atomic mass is 10.2. The van der Waals surface area contributed by atoms with Crippen molar-refractivity contribution >= 4 is 0 Å². The van der Waals surface area contributed by atoms with Gasteiger partial charge in [0.2, 0.25) is 0 Å². The Morgan fingerprint density at radius 1 is 1.36 bits per heavy atom. The fraction of sp³-hybridized carbons (Fsp3) is 0.455. The van der Waals surface area contributed by atoms with Crippen LogP contribution in [0.3, 0.4) is 0 Å². The minimum Gasteiger partial charge on any atom is -0.508 e. The van der Waals surface area contributed by atoms with E-state index in [1.165, 1.54) is 12.8 Å². The van der Waals surface area contributed by atoms with Gasteiger partial charge in [-0.25, -0.2) is 0 Å². The smallest absolute Gasteiger partial charge is 0.119 e. The van der Waals surface area contributed by atoms with Gasteiger partial charge in [-0.05, 0) is 43.7 Å². The van der Waals surface area contributed by atoms with Crippen LogP contribution in [-0.4, -0.2) is 24.3 Å². The first-order valence-electron chi connectivity index (χ1n) is 5.00. The highest BCUT2D eigenvalue weighted by Gasteiger charge is 2.13. The third-order valence-electron chi connectivity index (χ3n) is 2.45. The summed E-state index contributed by atoms with van der Waals surface area (Å²) in [6.07, 6.45) is 2.43. The maximum Gasteiger partial charge on any atom is 0.119 e. The number of hydrogen-bond donors (Lipinski definition) is 2. The Morgan fingerprint density at radius 2 is 2.14 bits per heavy atom. The van der Waals surface area contributed by atoms with Crippen molar-refractivity contribution < 1.29 is 9.84 Å². The zero-order valence-corrected chi connectivity index (χ0v) is 8.07. The molecule has 1 atom stereocenters. The number of rotatable bonds is 3. The van der Waals surface area contributed by atoms with Crippen molar-refractivity contribution in [3.05, 3.63) is 24.3 Å². The molecule has 1 aromatic rings. The number of aromatic hydroxyl groups is 1. The first kappa shape index (κ1) is 9.34. The number of phenols is 1. The second-order valence-electron chi connectivity index (χ2n) is 3.60. The fourth-order valence-corrected chi connectivity index (χ4v) is 1.64. The summed E-state index contributed by atoms with van der Waals surface area (Å²) >= 11 is 0. The molecule has 1 aliphatic rings. The molecule has 2 rings (SSSR count). The second kappa shape index (κ2) is 4.33. The van der Waals surface area contributed by atoms with E-state index in [0.717, 1.165) is 12.3 Å². The molecule has 2 N–H and O–H groups in total. The molecule has 14 heavy (non-hydrogen) atoms. The van der Waals surface area contributed by atoms with Crippen molar-refractivity contribution in [2.24, 2.45) is 0 Å². The summed E-state index contributed by atoms with van der Waals surface area (Å²) in [5.74, 6) is 1.09. The van der Waals surface area contributed by atoms with Crippen LogP contribution in [0, 0.1) is 0 Å².